The van der Waals surface area contributed by atoms with Crippen LogP contribution in [0.3, 0.4) is 0 Å². The third-order valence-corrected chi connectivity index (χ3v) is 4.23. The smallest absolute Gasteiger partial charge is 0.242 e. The molecule has 2 rings (SSSR count). The highest BCUT2D eigenvalue weighted by molar-refractivity contribution is 5.86. The zero-order chi connectivity index (χ0) is 15.3. The molecule has 0 saturated heterocycles. The molecule has 5 heteroatoms. The minimum absolute atomic E-state index is 0.188. The van der Waals surface area contributed by atoms with Gasteiger partial charge >= 0.3 is 0 Å². The Morgan fingerprint density at radius 2 is 1.86 bits per heavy atom. The summed E-state index contributed by atoms with van der Waals surface area (Å²) in [5.74, 6) is 1.05. The number of nitrogens with zero attached hydrogens (tertiary/aromatic N) is 3. The van der Waals surface area contributed by atoms with Gasteiger partial charge in [-0.05, 0) is 12.8 Å². The Hall–Kier alpha value is -1.49. The molecule has 0 spiro atoms. The second-order valence-electron chi connectivity index (χ2n) is 6.06. The van der Waals surface area contributed by atoms with E-state index in [1.54, 1.807) is 4.90 Å². The van der Waals surface area contributed by atoms with E-state index in [0.29, 0.717) is 6.54 Å². The molecule has 5 nitrogen and oxygen atoms in total. The molecule has 0 bridgehead atoms. The van der Waals surface area contributed by atoms with Crippen molar-refractivity contribution >= 4 is 5.91 Å². The minimum Gasteiger partial charge on any atom is -0.347 e. The van der Waals surface area contributed by atoms with Crippen LogP contribution in [0.5, 0.6) is 0 Å². The summed E-state index contributed by atoms with van der Waals surface area (Å²) in [5, 5.41) is 3.50. The van der Waals surface area contributed by atoms with Crippen LogP contribution >= 0.6 is 0 Å². The Morgan fingerprint density at radius 1 is 1.24 bits per heavy atom. The van der Waals surface area contributed by atoms with E-state index in [0.717, 1.165) is 43.5 Å². The van der Waals surface area contributed by atoms with Crippen molar-refractivity contribution in [3.63, 3.8) is 0 Å². The highest BCUT2D eigenvalue weighted by atomic mass is 16.2. The first-order valence-electron chi connectivity index (χ1n) is 7.84. The lowest BCUT2D eigenvalue weighted by Crippen LogP contribution is -2.57. The van der Waals surface area contributed by atoms with E-state index in [2.05, 4.69) is 15.3 Å². The Bertz CT molecular complexity index is 464. The topological polar surface area (TPSA) is 58.1 Å². The summed E-state index contributed by atoms with van der Waals surface area (Å²) in [6.07, 6.45) is 9.83. The molecule has 0 aliphatic heterocycles. The Kier molecular flexibility index (Phi) is 5.28. The van der Waals surface area contributed by atoms with E-state index >= 15 is 0 Å². The van der Waals surface area contributed by atoms with E-state index in [1.807, 2.05) is 33.4 Å². The first kappa shape index (κ1) is 15.9. The summed E-state index contributed by atoms with van der Waals surface area (Å²) >= 11 is 0. The number of hydrogen-bond donors (Lipinski definition) is 1. The summed E-state index contributed by atoms with van der Waals surface area (Å²) in [6.45, 7) is 2.68. The molecular weight excluding hydrogens is 264 g/mol. The fourth-order valence-corrected chi connectivity index (χ4v) is 2.98. The lowest BCUT2D eigenvalue weighted by atomic mass is 9.80. The van der Waals surface area contributed by atoms with Crippen molar-refractivity contribution in [3.8, 4) is 0 Å². The standard InChI is InChI=1S/C16H26N4O/c1-4-14-17-10-13(11-18-14)12-19-16(15(21)20(2)3)8-6-5-7-9-16/h10-11,19H,4-9,12H2,1-3H3. The van der Waals surface area contributed by atoms with Gasteiger partial charge < -0.3 is 4.90 Å². The van der Waals surface area contributed by atoms with Crippen molar-refractivity contribution in [2.45, 2.75) is 57.5 Å². The molecule has 1 aliphatic carbocycles. The van der Waals surface area contributed by atoms with Crippen LogP contribution in [0.15, 0.2) is 12.4 Å². The van der Waals surface area contributed by atoms with E-state index < -0.39 is 5.54 Å². The van der Waals surface area contributed by atoms with Gasteiger partial charge in [0.2, 0.25) is 5.91 Å². The largest absolute Gasteiger partial charge is 0.347 e. The van der Waals surface area contributed by atoms with E-state index in [1.165, 1.54) is 6.42 Å². The van der Waals surface area contributed by atoms with Crippen LogP contribution in [-0.2, 0) is 17.8 Å². The van der Waals surface area contributed by atoms with Gasteiger partial charge in [0.05, 0.1) is 5.54 Å². The van der Waals surface area contributed by atoms with Gasteiger partial charge in [0, 0.05) is 45.0 Å². The zero-order valence-corrected chi connectivity index (χ0v) is 13.4. The van der Waals surface area contributed by atoms with Crippen molar-refractivity contribution in [3.05, 3.63) is 23.8 Å². The molecule has 0 aromatic carbocycles. The molecule has 0 atom stereocenters. The molecule has 0 radical (unpaired) electrons. The molecule has 1 N–H and O–H groups in total. The summed E-state index contributed by atoms with van der Waals surface area (Å²) in [6, 6.07) is 0. The molecule has 0 unspecified atom stereocenters. The molecule has 1 aromatic rings. The fourth-order valence-electron chi connectivity index (χ4n) is 2.98. The Balaban J connectivity index is 2.06. The molecule has 1 saturated carbocycles. The first-order chi connectivity index (χ1) is 10.1. The number of amides is 1. The molecule has 21 heavy (non-hydrogen) atoms. The van der Waals surface area contributed by atoms with Gasteiger partial charge in [-0.3, -0.25) is 10.1 Å². The van der Waals surface area contributed by atoms with E-state index in [4.69, 9.17) is 0 Å². The third-order valence-electron chi connectivity index (χ3n) is 4.23. The number of nitrogens with one attached hydrogen (secondary N) is 1. The number of aromatic nitrogens is 2. The molecule has 1 amide bonds. The predicted molar refractivity (Wildman–Crippen MR) is 82.8 cm³/mol. The van der Waals surface area contributed by atoms with Crippen LogP contribution in [0.1, 0.15) is 50.4 Å². The minimum atomic E-state index is -0.412. The second kappa shape index (κ2) is 6.98. The monoisotopic (exact) mass is 290 g/mol. The van der Waals surface area contributed by atoms with Crippen molar-refractivity contribution < 1.29 is 4.79 Å². The molecule has 1 aromatic heterocycles. The van der Waals surface area contributed by atoms with Crippen LogP contribution in [0.4, 0.5) is 0 Å². The van der Waals surface area contributed by atoms with Crippen LogP contribution in [0.2, 0.25) is 0 Å². The lowest BCUT2D eigenvalue weighted by Gasteiger charge is -2.38. The number of hydrogen-bond acceptors (Lipinski definition) is 4. The van der Waals surface area contributed by atoms with Crippen LogP contribution in [0, 0.1) is 0 Å². The van der Waals surface area contributed by atoms with Gasteiger partial charge in [-0.25, -0.2) is 9.97 Å². The molecular formula is C16H26N4O. The van der Waals surface area contributed by atoms with Gasteiger partial charge in [-0.15, -0.1) is 0 Å². The number of aryl methyl sites for hydroxylation is 1. The Morgan fingerprint density at radius 3 is 2.38 bits per heavy atom. The van der Waals surface area contributed by atoms with Crippen LogP contribution < -0.4 is 5.32 Å². The number of rotatable bonds is 5. The highest BCUT2D eigenvalue weighted by Gasteiger charge is 2.39. The maximum atomic E-state index is 12.6. The lowest BCUT2D eigenvalue weighted by molar-refractivity contribution is -0.137. The van der Waals surface area contributed by atoms with Crippen LogP contribution in [0.25, 0.3) is 0 Å². The number of carbonyl (C=O) groups excluding carboxylic acids is 1. The van der Waals surface area contributed by atoms with E-state index in [-0.39, 0.29) is 5.91 Å². The molecule has 1 aliphatic rings. The maximum Gasteiger partial charge on any atom is 0.242 e. The van der Waals surface area contributed by atoms with Crippen LogP contribution in [-0.4, -0.2) is 40.4 Å². The summed E-state index contributed by atoms with van der Waals surface area (Å²) in [5.41, 5.74) is 0.620. The zero-order valence-electron chi connectivity index (χ0n) is 13.4. The maximum absolute atomic E-state index is 12.6. The van der Waals surface area contributed by atoms with Gasteiger partial charge in [-0.1, -0.05) is 26.2 Å². The van der Waals surface area contributed by atoms with Gasteiger partial charge in [0.25, 0.3) is 0 Å². The SMILES string of the molecule is CCc1ncc(CNC2(C(=O)N(C)C)CCCCC2)cn1. The van der Waals surface area contributed by atoms with Crippen molar-refractivity contribution in [2.75, 3.05) is 14.1 Å². The second-order valence-corrected chi connectivity index (χ2v) is 6.06. The summed E-state index contributed by atoms with van der Waals surface area (Å²) < 4.78 is 0. The van der Waals surface area contributed by atoms with Gasteiger partial charge in [0.1, 0.15) is 5.82 Å². The molecule has 1 heterocycles. The Labute approximate surface area is 127 Å². The molecule has 116 valence electrons. The fraction of sp³-hybridized carbons (Fsp3) is 0.688. The van der Waals surface area contributed by atoms with Gasteiger partial charge in [-0.2, -0.15) is 0 Å². The van der Waals surface area contributed by atoms with Crippen molar-refractivity contribution in [1.29, 1.82) is 0 Å². The van der Waals surface area contributed by atoms with Crippen molar-refractivity contribution in [1.82, 2.24) is 20.2 Å². The van der Waals surface area contributed by atoms with Gasteiger partial charge in [0.15, 0.2) is 0 Å². The third kappa shape index (κ3) is 3.79. The van der Waals surface area contributed by atoms with Crippen molar-refractivity contribution in [2.24, 2.45) is 0 Å². The number of likely N-dealkylation sites (N-methyl/N-ethyl adjacent to an activating group) is 1. The predicted octanol–water partition coefficient (Wildman–Crippen LogP) is 1.92. The van der Waals surface area contributed by atoms with E-state index in [9.17, 15) is 4.79 Å². The number of carbonyl (C=O) groups is 1. The molecule has 1 fully saturated rings. The normalized spacial score (nSPS) is 17.5. The quantitative estimate of drug-likeness (QED) is 0.900. The summed E-state index contributed by atoms with van der Waals surface area (Å²) in [4.78, 5) is 22.9. The average Bonchev–Trinajstić information content (AvgIpc) is 2.53. The summed E-state index contributed by atoms with van der Waals surface area (Å²) in [7, 11) is 3.67. The highest BCUT2D eigenvalue weighted by Crippen LogP contribution is 2.30. The first-order valence-corrected chi connectivity index (χ1v) is 7.84. The average molecular weight is 290 g/mol.